The van der Waals surface area contributed by atoms with Gasteiger partial charge in [0.05, 0.1) is 7.11 Å². The van der Waals surface area contributed by atoms with Crippen molar-refractivity contribution in [2.24, 2.45) is 46.3 Å². The minimum atomic E-state index is -1.61. The molecule has 0 N–H and O–H groups in total. The first-order chi connectivity index (χ1) is 15.6. The summed E-state index contributed by atoms with van der Waals surface area (Å²) in [6.07, 6.45) is 14.6. The van der Waals surface area contributed by atoms with E-state index in [1.165, 1.54) is 70.9 Å². The Labute approximate surface area is 205 Å². The highest BCUT2D eigenvalue weighted by atomic mass is 28.4. The number of carbonyl (C=O) groups is 1. The maximum atomic E-state index is 11.8. The van der Waals surface area contributed by atoms with Gasteiger partial charge in [0.15, 0.2) is 8.32 Å². The Hall–Kier alpha value is -0.353. The average Bonchev–Trinajstić information content (AvgIpc) is 3.14. The topological polar surface area (TPSA) is 35.5 Å². The molecule has 0 aromatic carbocycles. The smallest absolute Gasteiger partial charge is 0.305 e. The molecule has 0 radical (unpaired) electrons. The van der Waals surface area contributed by atoms with E-state index in [4.69, 9.17) is 9.16 Å². The Morgan fingerprint density at radius 1 is 1.03 bits per heavy atom. The van der Waals surface area contributed by atoms with E-state index >= 15 is 0 Å². The van der Waals surface area contributed by atoms with Crippen LogP contribution in [-0.2, 0) is 14.0 Å². The summed E-state index contributed by atoms with van der Waals surface area (Å²) >= 11 is 0. The van der Waals surface area contributed by atoms with Crippen LogP contribution < -0.4 is 0 Å². The van der Waals surface area contributed by atoms with Crippen LogP contribution in [0.5, 0.6) is 0 Å². The maximum absolute atomic E-state index is 11.8. The van der Waals surface area contributed by atoms with E-state index in [1.807, 2.05) is 0 Å². The predicted octanol–water partition coefficient (Wildman–Crippen LogP) is 7.84. The Morgan fingerprint density at radius 2 is 1.76 bits per heavy atom. The summed E-state index contributed by atoms with van der Waals surface area (Å²) < 4.78 is 12.2. The zero-order valence-corrected chi connectivity index (χ0v) is 23.8. The molecule has 4 aliphatic rings. The third kappa shape index (κ3) is 4.61. The monoisotopic (exact) mass is 476 g/mol. The van der Waals surface area contributed by atoms with Gasteiger partial charge in [-0.25, -0.2) is 0 Å². The highest BCUT2D eigenvalue weighted by Gasteiger charge is 2.63. The Morgan fingerprint density at radius 3 is 2.45 bits per heavy atom. The summed E-state index contributed by atoms with van der Waals surface area (Å²) in [6, 6.07) is 1.22. The van der Waals surface area contributed by atoms with Crippen LogP contribution in [-0.4, -0.2) is 27.5 Å². The quantitative estimate of drug-likeness (QED) is 0.277. The number of fused-ring (bicyclic) bond motifs is 5. The number of rotatable bonds is 7. The van der Waals surface area contributed by atoms with E-state index < -0.39 is 8.32 Å². The summed E-state index contributed by atoms with van der Waals surface area (Å²) in [5.41, 5.74) is 0.949. The van der Waals surface area contributed by atoms with Crippen molar-refractivity contribution in [1.29, 1.82) is 0 Å². The second kappa shape index (κ2) is 9.60. The van der Waals surface area contributed by atoms with E-state index in [0.717, 1.165) is 36.0 Å². The fraction of sp³-hybridized carbons (Fsp3) is 0.966. The Kier molecular flexibility index (Phi) is 7.48. The molecule has 9 atom stereocenters. The summed E-state index contributed by atoms with van der Waals surface area (Å²) in [4.78, 5) is 11.8. The second-order valence-corrected chi connectivity index (χ2v) is 18.0. The molecule has 190 valence electrons. The lowest BCUT2D eigenvalue weighted by atomic mass is 9.44. The molecule has 0 spiro atoms. The number of hydrogen-bond donors (Lipinski definition) is 0. The van der Waals surface area contributed by atoms with E-state index in [0.29, 0.717) is 29.3 Å². The first-order valence-electron chi connectivity index (χ1n) is 14.3. The van der Waals surface area contributed by atoms with E-state index in [1.54, 1.807) is 0 Å². The zero-order chi connectivity index (χ0) is 24.0. The van der Waals surface area contributed by atoms with Crippen LogP contribution in [0.1, 0.15) is 98.3 Å². The van der Waals surface area contributed by atoms with E-state index in [9.17, 15) is 4.79 Å². The minimum Gasteiger partial charge on any atom is -0.469 e. The summed E-state index contributed by atoms with van der Waals surface area (Å²) in [7, 11) is -0.0914. The van der Waals surface area contributed by atoms with Gasteiger partial charge in [0.1, 0.15) is 0 Å². The molecule has 0 bridgehead atoms. The van der Waals surface area contributed by atoms with Crippen molar-refractivity contribution in [3.05, 3.63) is 0 Å². The van der Waals surface area contributed by atoms with Gasteiger partial charge in [-0.15, -0.1) is 0 Å². The van der Waals surface area contributed by atoms with Crippen molar-refractivity contribution < 1.29 is 14.0 Å². The van der Waals surface area contributed by atoms with Crippen LogP contribution in [0.3, 0.4) is 0 Å². The zero-order valence-electron chi connectivity index (χ0n) is 22.8. The highest BCUT2D eigenvalue weighted by molar-refractivity contribution is 6.71. The molecular weight excluding hydrogens is 424 g/mol. The van der Waals surface area contributed by atoms with Gasteiger partial charge >= 0.3 is 5.97 Å². The number of ether oxygens (including phenoxy) is 1. The van der Waals surface area contributed by atoms with Crippen molar-refractivity contribution >= 4 is 14.3 Å². The molecule has 0 unspecified atom stereocenters. The van der Waals surface area contributed by atoms with Gasteiger partial charge in [-0.1, -0.05) is 40.5 Å². The van der Waals surface area contributed by atoms with Gasteiger partial charge in [0.2, 0.25) is 0 Å². The number of methoxy groups -OCH3 is 1. The van der Waals surface area contributed by atoms with Gasteiger partial charge in [0, 0.05) is 12.5 Å². The Bertz CT molecular complexity index is 707. The molecular formula is C29H52O3Si. The first-order valence-corrected chi connectivity index (χ1v) is 17.4. The number of esters is 1. The van der Waals surface area contributed by atoms with Crippen LogP contribution in [0.4, 0.5) is 0 Å². The SMILES string of the molecule is CC[Si](C)(C)O[C@@H]1C[C@@H]2CCCC[C@]2(C)[C@H]2CC[C@]3(C)[C@@H]([C@H](C)CCC(=O)OC)CC[C@H]3[C@H]12. The molecule has 4 rings (SSSR count). The van der Waals surface area contributed by atoms with Crippen molar-refractivity contribution in [2.45, 2.75) is 124 Å². The molecule has 4 saturated carbocycles. The van der Waals surface area contributed by atoms with Gasteiger partial charge < -0.3 is 9.16 Å². The highest BCUT2D eigenvalue weighted by Crippen LogP contribution is 2.69. The first kappa shape index (κ1) is 25.7. The average molecular weight is 477 g/mol. The van der Waals surface area contributed by atoms with E-state index in [-0.39, 0.29) is 5.97 Å². The molecule has 0 amide bonds. The number of carbonyl (C=O) groups excluding carboxylic acids is 1. The van der Waals surface area contributed by atoms with Gasteiger partial charge in [-0.05, 0) is 117 Å². The van der Waals surface area contributed by atoms with Crippen LogP contribution in [0, 0.1) is 46.3 Å². The molecule has 4 fully saturated rings. The molecule has 0 aliphatic heterocycles. The third-order valence-corrected chi connectivity index (χ3v) is 14.3. The molecule has 33 heavy (non-hydrogen) atoms. The Balaban J connectivity index is 1.61. The van der Waals surface area contributed by atoms with Crippen LogP contribution in [0.15, 0.2) is 0 Å². The number of hydrogen-bond acceptors (Lipinski definition) is 3. The van der Waals surface area contributed by atoms with Crippen molar-refractivity contribution in [3.8, 4) is 0 Å². The van der Waals surface area contributed by atoms with Crippen LogP contribution in [0.25, 0.3) is 0 Å². The van der Waals surface area contributed by atoms with Crippen molar-refractivity contribution in [2.75, 3.05) is 7.11 Å². The third-order valence-electron chi connectivity index (χ3n) is 11.7. The van der Waals surface area contributed by atoms with Gasteiger partial charge in [-0.3, -0.25) is 4.79 Å². The van der Waals surface area contributed by atoms with Crippen molar-refractivity contribution in [1.82, 2.24) is 0 Å². The van der Waals surface area contributed by atoms with Gasteiger partial charge in [0.25, 0.3) is 0 Å². The summed E-state index contributed by atoms with van der Waals surface area (Å²) in [6.45, 7) is 15.0. The lowest BCUT2D eigenvalue weighted by Crippen LogP contribution is -2.59. The molecule has 0 saturated heterocycles. The molecule has 0 aromatic heterocycles. The second-order valence-electron chi connectivity index (χ2n) is 13.6. The van der Waals surface area contributed by atoms with E-state index in [2.05, 4.69) is 40.8 Å². The fourth-order valence-corrected chi connectivity index (χ4v) is 10.7. The lowest BCUT2D eigenvalue weighted by Gasteiger charge is -2.63. The largest absolute Gasteiger partial charge is 0.469 e. The standard InChI is InChI=1S/C29H52O3Si/c1-8-33(6,7)32-25-19-21-11-9-10-17-28(21,3)24-16-18-29(4)22(13-14-23(29)27(24)25)20(2)12-15-26(30)31-5/h20-25,27H,8-19H2,1-7H3/t20-,21+,22-,23+,24+,25-,27+,28+,29-/m1/s1. The predicted molar refractivity (Wildman–Crippen MR) is 138 cm³/mol. The molecule has 4 heteroatoms. The molecule has 4 aliphatic carbocycles. The van der Waals surface area contributed by atoms with Crippen molar-refractivity contribution in [3.63, 3.8) is 0 Å². The van der Waals surface area contributed by atoms with Crippen LogP contribution in [0.2, 0.25) is 19.1 Å². The minimum absolute atomic E-state index is 0.0472. The molecule has 0 heterocycles. The summed E-state index contributed by atoms with van der Waals surface area (Å²) in [5, 5.41) is 0. The fourth-order valence-electron chi connectivity index (χ4n) is 9.47. The van der Waals surface area contributed by atoms with Gasteiger partial charge in [-0.2, -0.15) is 0 Å². The molecule has 3 nitrogen and oxygen atoms in total. The lowest BCUT2D eigenvalue weighted by molar-refractivity contribution is -0.160. The normalized spacial score (nSPS) is 43.8. The molecule has 0 aromatic rings. The maximum Gasteiger partial charge on any atom is 0.305 e. The summed E-state index contributed by atoms with van der Waals surface area (Å²) in [5.74, 6) is 4.56. The van der Waals surface area contributed by atoms with Crippen LogP contribution >= 0.6 is 0 Å².